The molecule has 0 spiro atoms. The molecule has 7 heteroatoms. The zero-order chi connectivity index (χ0) is 13.1. The molecule has 1 aromatic carbocycles. The molecule has 0 atom stereocenters. The molecule has 0 aliphatic heterocycles. The molecule has 0 aromatic heterocycles. The van der Waals surface area contributed by atoms with Gasteiger partial charge in [0.05, 0.1) is 0 Å². The zero-order valence-corrected chi connectivity index (χ0v) is 10.9. The van der Waals surface area contributed by atoms with Crippen molar-refractivity contribution >= 4 is 34.2 Å². The van der Waals surface area contributed by atoms with Crippen molar-refractivity contribution in [2.75, 3.05) is 11.9 Å². The molecule has 1 aromatic rings. The lowest BCUT2D eigenvalue weighted by molar-refractivity contribution is -0.153. The summed E-state index contributed by atoms with van der Waals surface area (Å²) in [4.78, 5) is 10.8. The fourth-order valence-corrected chi connectivity index (χ4v) is 1.73. The van der Waals surface area contributed by atoms with Crippen LogP contribution in [0.15, 0.2) is 18.2 Å². The third kappa shape index (κ3) is 5.76. The van der Waals surface area contributed by atoms with E-state index in [-0.39, 0.29) is 11.7 Å². The van der Waals surface area contributed by atoms with Gasteiger partial charge in [-0.05, 0) is 34.7 Å². The Morgan fingerprint density at radius 3 is 2.59 bits per heavy atom. The molecule has 0 aliphatic carbocycles. The predicted octanol–water partition coefficient (Wildman–Crippen LogP) is 3.19. The first-order valence-electron chi connectivity index (χ1n) is 4.54. The van der Waals surface area contributed by atoms with E-state index in [1.807, 2.05) is 22.6 Å². The molecule has 0 radical (unpaired) electrons. The first-order chi connectivity index (χ1) is 7.76. The molecule has 0 unspecified atom stereocenters. The van der Waals surface area contributed by atoms with Crippen molar-refractivity contribution < 1.29 is 22.7 Å². The Balaban J connectivity index is 2.79. The van der Waals surface area contributed by atoms with Crippen LogP contribution in [0.2, 0.25) is 0 Å². The molecule has 3 nitrogen and oxygen atoms in total. The number of halogens is 4. The largest absolute Gasteiger partial charge is 0.484 e. The van der Waals surface area contributed by atoms with Crippen molar-refractivity contribution in [2.24, 2.45) is 0 Å². The zero-order valence-electron chi connectivity index (χ0n) is 8.77. The van der Waals surface area contributed by atoms with Gasteiger partial charge in [0.1, 0.15) is 5.75 Å². The number of amides is 1. The third-order valence-electron chi connectivity index (χ3n) is 1.59. The molecular formula is C10H9F3INO2. The van der Waals surface area contributed by atoms with E-state index in [9.17, 15) is 18.0 Å². The smallest absolute Gasteiger partial charge is 0.422 e. The van der Waals surface area contributed by atoms with E-state index in [0.29, 0.717) is 9.26 Å². The van der Waals surface area contributed by atoms with E-state index in [0.717, 1.165) is 0 Å². The molecule has 1 amide bonds. The average molecular weight is 359 g/mol. The number of hydrogen-bond donors (Lipinski definition) is 1. The van der Waals surface area contributed by atoms with E-state index in [2.05, 4.69) is 10.1 Å². The van der Waals surface area contributed by atoms with E-state index in [1.165, 1.54) is 19.1 Å². The highest BCUT2D eigenvalue weighted by atomic mass is 127. The second kappa shape index (κ2) is 5.56. The highest BCUT2D eigenvalue weighted by molar-refractivity contribution is 14.1. The normalized spacial score (nSPS) is 11.1. The van der Waals surface area contributed by atoms with Crippen LogP contribution in [0.5, 0.6) is 5.75 Å². The van der Waals surface area contributed by atoms with Crippen LogP contribution in [0.1, 0.15) is 6.92 Å². The van der Waals surface area contributed by atoms with E-state index < -0.39 is 12.8 Å². The number of carbonyl (C=O) groups excluding carboxylic acids is 1. The maximum atomic E-state index is 12.0. The second-order valence-electron chi connectivity index (χ2n) is 3.26. The van der Waals surface area contributed by atoms with Gasteiger partial charge in [-0.25, -0.2) is 0 Å². The molecule has 1 rings (SSSR count). The van der Waals surface area contributed by atoms with Gasteiger partial charge in [0, 0.05) is 22.2 Å². The predicted molar refractivity (Wildman–Crippen MR) is 65.0 cm³/mol. The molecule has 0 fully saturated rings. The molecule has 0 bridgehead atoms. The third-order valence-corrected chi connectivity index (χ3v) is 2.22. The molecule has 0 aliphatic rings. The SMILES string of the molecule is CC(=O)Nc1cc(I)cc(OCC(F)(F)F)c1. The van der Waals surface area contributed by atoms with Crippen molar-refractivity contribution in [3.8, 4) is 5.75 Å². The van der Waals surface area contributed by atoms with E-state index in [4.69, 9.17) is 0 Å². The maximum absolute atomic E-state index is 12.0. The molecule has 1 N–H and O–H groups in total. The molecule has 0 saturated heterocycles. The van der Waals surface area contributed by atoms with Gasteiger partial charge in [0.2, 0.25) is 5.91 Å². The molecular weight excluding hydrogens is 350 g/mol. The van der Waals surface area contributed by atoms with Crippen LogP contribution in [0.25, 0.3) is 0 Å². The summed E-state index contributed by atoms with van der Waals surface area (Å²) < 4.78 is 41.1. The summed E-state index contributed by atoms with van der Waals surface area (Å²) in [7, 11) is 0. The van der Waals surface area contributed by atoms with E-state index in [1.54, 1.807) is 6.07 Å². The first-order valence-corrected chi connectivity index (χ1v) is 5.62. The second-order valence-corrected chi connectivity index (χ2v) is 4.51. The van der Waals surface area contributed by atoms with Crippen molar-refractivity contribution in [2.45, 2.75) is 13.1 Å². The lowest BCUT2D eigenvalue weighted by Crippen LogP contribution is -2.19. The summed E-state index contributed by atoms with van der Waals surface area (Å²) in [5.41, 5.74) is 0.404. The highest BCUT2D eigenvalue weighted by Crippen LogP contribution is 2.24. The number of hydrogen-bond acceptors (Lipinski definition) is 2. The highest BCUT2D eigenvalue weighted by Gasteiger charge is 2.28. The number of alkyl halides is 3. The fourth-order valence-electron chi connectivity index (χ4n) is 1.09. The summed E-state index contributed by atoms with van der Waals surface area (Å²) in [5.74, 6) is -0.230. The van der Waals surface area contributed by atoms with Crippen LogP contribution in [0.4, 0.5) is 18.9 Å². The fraction of sp³-hybridized carbons (Fsp3) is 0.300. The van der Waals surface area contributed by atoms with Gasteiger partial charge in [0.15, 0.2) is 6.61 Å². The Kier molecular flexibility index (Phi) is 4.61. The van der Waals surface area contributed by atoms with Crippen molar-refractivity contribution in [3.63, 3.8) is 0 Å². The van der Waals surface area contributed by atoms with Gasteiger partial charge in [-0.15, -0.1) is 0 Å². The molecule has 94 valence electrons. The Labute approximate surface area is 109 Å². The number of benzene rings is 1. The van der Waals surface area contributed by atoms with Gasteiger partial charge in [0.25, 0.3) is 0 Å². The standard InChI is InChI=1S/C10H9F3INO2/c1-6(16)15-8-2-7(14)3-9(4-8)17-5-10(11,12)13/h2-4H,5H2,1H3,(H,15,16). The first kappa shape index (κ1) is 14.1. The number of rotatable bonds is 3. The number of nitrogens with one attached hydrogen (secondary N) is 1. The quantitative estimate of drug-likeness (QED) is 0.842. The minimum Gasteiger partial charge on any atom is -0.484 e. The topological polar surface area (TPSA) is 38.3 Å². The van der Waals surface area contributed by atoms with Crippen LogP contribution < -0.4 is 10.1 Å². The van der Waals surface area contributed by atoms with Crippen molar-refractivity contribution in [3.05, 3.63) is 21.8 Å². The van der Waals surface area contributed by atoms with Crippen molar-refractivity contribution in [1.29, 1.82) is 0 Å². The van der Waals surface area contributed by atoms with Crippen LogP contribution >= 0.6 is 22.6 Å². The minimum absolute atomic E-state index is 0.0676. The molecule has 17 heavy (non-hydrogen) atoms. The summed E-state index contributed by atoms with van der Waals surface area (Å²) in [6.45, 7) is -0.0390. The monoisotopic (exact) mass is 359 g/mol. The Morgan fingerprint density at radius 1 is 1.41 bits per heavy atom. The minimum atomic E-state index is -4.38. The summed E-state index contributed by atoms with van der Waals surface area (Å²) in [5, 5.41) is 2.48. The van der Waals surface area contributed by atoms with Crippen molar-refractivity contribution in [1.82, 2.24) is 0 Å². The summed E-state index contributed by atoms with van der Waals surface area (Å²) >= 11 is 1.93. The number of ether oxygens (including phenoxy) is 1. The van der Waals surface area contributed by atoms with E-state index >= 15 is 0 Å². The molecule has 0 heterocycles. The van der Waals surface area contributed by atoms with Gasteiger partial charge in [-0.3, -0.25) is 4.79 Å². The van der Waals surface area contributed by atoms with Crippen LogP contribution in [-0.2, 0) is 4.79 Å². The summed E-state index contributed by atoms with van der Waals surface area (Å²) in [6.07, 6.45) is -4.38. The summed E-state index contributed by atoms with van der Waals surface area (Å²) in [6, 6.07) is 4.43. The average Bonchev–Trinajstić information content (AvgIpc) is 2.11. The Hall–Kier alpha value is -0.990. The number of carbonyl (C=O) groups is 1. The van der Waals surface area contributed by atoms with Crippen LogP contribution in [0, 0.1) is 3.57 Å². The lowest BCUT2D eigenvalue weighted by atomic mass is 10.3. The van der Waals surface area contributed by atoms with Crippen LogP contribution in [0.3, 0.4) is 0 Å². The Morgan fingerprint density at radius 2 is 2.06 bits per heavy atom. The van der Waals surface area contributed by atoms with Gasteiger partial charge in [-0.1, -0.05) is 0 Å². The Bertz CT molecular complexity index is 421. The van der Waals surface area contributed by atoms with Gasteiger partial charge in [-0.2, -0.15) is 13.2 Å². The van der Waals surface area contributed by atoms with Crippen LogP contribution in [-0.4, -0.2) is 18.7 Å². The maximum Gasteiger partial charge on any atom is 0.422 e. The molecule has 0 saturated carbocycles. The number of anilines is 1. The van der Waals surface area contributed by atoms with Gasteiger partial charge >= 0.3 is 6.18 Å². The lowest BCUT2D eigenvalue weighted by Gasteiger charge is -2.11. The van der Waals surface area contributed by atoms with Gasteiger partial charge < -0.3 is 10.1 Å².